The molecule has 1 aliphatic heterocycles. The third-order valence-electron chi connectivity index (χ3n) is 2.63. The number of aromatic nitrogens is 1. The van der Waals surface area contributed by atoms with Crippen LogP contribution in [-0.4, -0.2) is 41.9 Å². The number of carboxylic acids is 1. The second-order valence-electron chi connectivity index (χ2n) is 3.95. The summed E-state index contributed by atoms with van der Waals surface area (Å²) >= 11 is 0. The lowest BCUT2D eigenvalue weighted by molar-refractivity contribution is 0.0690. The summed E-state index contributed by atoms with van der Waals surface area (Å²) in [5.74, 6) is -1.20. The van der Waals surface area contributed by atoms with Crippen LogP contribution in [0.25, 0.3) is 0 Å². The molecule has 0 bridgehead atoms. The van der Waals surface area contributed by atoms with Gasteiger partial charge in [-0.15, -0.1) is 0 Å². The van der Waals surface area contributed by atoms with Gasteiger partial charge in [0.25, 0.3) is 0 Å². The normalized spacial score (nSPS) is 16.7. The van der Waals surface area contributed by atoms with Crippen molar-refractivity contribution in [2.45, 2.75) is 12.8 Å². The van der Waals surface area contributed by atoms with E-state index >= 15 is 0 Å². The fourth-order valence-corrected chi connectivity index (χ4v) is 3.05. The molecule has 8 heteroatoms. The van der Waals surface area contributed by atoms with Crippen LogP contribution in [-0.2, 0) is 10.2 Å². The number of aromatic carboxylic acids is 1. The van der Waals surface area contributed by atoms with Gasteiger partial charge in [-0.3, -0.25) is 4.72 Å². The highest BCUT2D eigenvalue weighted by Gasteiger charge is 2.25. The van der Waals surface area contributed by atoms with Crippen LogP contribution in [0.2, 0.25) is 0 Å². The van der Waals surface area contributed by atoms with Gasteiger partial charge in [0.15, 0.2) is 0 Å². The maximum atomic E-state index is 11.9. The first-order valence-corrected chi connectivity index (χ1v) is 6.90. The molecule has 1 aromatic rings. The number of nitrogens with one attached hydrogen (secondary N) is 1. The van der Waals surface area contributed by atoms with E-state index in [-0.39, 0.29) is 11.4 Å². The zero-order chi connectivity index (χ0) is 13.2. The van der Waals surface area contributed by atoms with Gasteiger partial charge in [-0.1, -0.05) is 0 Å². The Hall–Kier alpha value is -1.67. The van der Waals surface area contributed by atoms with Crippen molar-refractivity contribution in [3.63, 3.8) is 0 Å². The predicted octanol–water partition coefficient (Wildman–Crippen LogP) is 0.532. The minimum absolute atomic E-state index is 0.198. The van der Waals surface area contributed by atoms with E-state index < -0.39 is 16.2 Å². The number of pyridine rings is 1. The molecule has 0 spiro atoms. The Balaban J connectivity index is 2.18. The minimum Gasteiger partial charge on any atom is -0.477 e. The maximum Gasteiger partial charge on any atom is 0.354 e. The van der Waals surface area contributed by atoms with Gasteiger partial charge < -0.3 is 5.11 Å². The van der Waals surface area contributed by atoms with Crippen molar-refractivity contribution in [1.82, 2.24) is 9.29 Å². The van der Waals surface area contributed by atoms with Gasteiger partial charge in [0, 0.05) is 19.3 Å². The van der Waals surface area contributed by atoms with E-state index in [1.54, 1.807) is 0 Å². The van der Waals surface area contributed by atoms with Gasteiger partial charge in [-0.25, -0.2) is 9.78 Å². The van der Waals surface area contributed by atoms with Crippen molar-refractivity contribution >= 4 is 21.9 Å². The van der Waals surface area contributed by atoms with E-state index in [4.69, 9.17) is 5.11 Å². The largest absolute Gasteiger partial charge is 0.477 e. The number of rotatable bonds is 4. The quantitative estimate of drug-likeness (QED) is 0.832. The van der Waals surface area contributed by atoms with Gasteiger partial charge in [0.2, 0.25) is 0 Å². The van der Waals surface area contributed by atoms with E-state index in [1.807, 2.05) is 0 Å². The summed E-state index contributed by atoms with van der Waals surface area (Å²) in [7, 11) is -3.59. The third kappa shape index (κ3) is 2.77. The molecule has 2 N–H and O–H groups in total. The molecule has 1 aromatic heterocycles. The number of anilines is 1. The first-order valence-electron chi connectivity index (χ1n) is 5.46. The van der Waals surface area contributed by atoms with Crippen molar-refractivity contribution in [3.8, 4) is 0 Å². The molecular formula is C10H13N3O4S. The Morgan fingerprint density at radius 3 is 2.67 bits per heavy atom. The van der Waals surface area contributed by atoms with Crippen molar-refractivity contribution in [2.75, 3.05) is 17.8 Å². The lowest BCUT2D eigenvalue weighted by Crippen LogP contribution is -2.33. The van der Waals surface area contributed by atoms with E-state index in [0.717, 1.165) is 12.8 Å². The minimum atomic E-state index is -3.59. The molecule has 18 heavy (non-hydrogen) atoms. The highest BCUT2D eigenvalue weighted by molar-refractivity contribution is 7.90. The summed E-state index contributed by atoms with van der Waals surface area (Å²) < 4.78 is 27.6. The van der Waals surface area contributed by atoms with Crippen molar-refractivity contribution in [2.24, 2.45) is 0 Å². The summed E-state index contributed by atoms with van der Waals surface area (Å²) in [5, 5.41) is 8.77. The van der Waals surface area contributed by atoms with Crippen molar-refractivity contribution in [1.29, 1.82) is 0 Å². The fraction of sp³-hybridized carbons (Fsp3) is 0.400. The summed E-state index contributed by atoms with van der Waals surface area (Å²) in [6.07, 6.45) is 2.94. The molecule has 7 nitrogen and oxygen atoms in total. The summed E-state index contributed by atoms with van der Waals surface area (Å²) in [6, 6.07) is 2.61. The molecule has 0 aromatic carbocycles. The predicted molar refractivity (Wildman–Crippen MR) is 64.5 cm³/mol. The van der Waals surface area contributed by atoms with Crippen LogP contribution in [0.15, 0.2) is 18.3 Å². The number of carboxylic acid groups (broad SMARTS) is 1. The molecule has 0 radical (unpaired) electrons. The van der Waals surface area contributed by atoms with Gasteiger partial charge in [-0.2, -0.15) is 12.7 Å². The average molecular weight is 271 g/mol. The zero-order valence-corrected chi connectivity index (χ0v) is 10.4. The Bertz CT molecular complexity index is 552. The van der Waals surface area contributed by atoms with Gasteiger partial charge in [0.1, 0.15) is 5.69 Å². The molecule has 1 aliphatic rings. The summed E-state index contributed by atoms with van der Waals surface area (Å²) in [6.45, 7) is 0.985. The smallest absolute Gasteiger partial charge is 0.354 e. The van der Waals surface area contributed by atoms with Crippen molar-refractivity contribution in [3.05, 3.63) is 24.0 Å². The summed E-state index contributed by atoms with van der Waals surface area (Å²) in [5.41, 5.74) is 0.00548. The Morgan fingerprint density at radius 1 is 1.39 bits per heavy atom. The molecule has 0 atom stereocenters. The zero-order valence-electron chi connectivity index (χ0n) is 9.54. The number of hydrogen-bond acceptors (Lipinski definition) is 4. The number of nitrogens with zero attached hydrogens (tertiary/aromatic N) is 2. The Labute approximate surface area is 105 Å². The van der Waals surface area contributed by atoms with Gasteiger partial charge in [0.05, 0.1) is 5.69 Å². The van der Waals surface area contributed by atoms with Crippen LogP contribution in [0, 0.1) is 0 Å². The highest BCUT2D eigenvalue weighted by atomic mass is 32.2. The van der Waals surface area contributed by atoms with Gasteiger partial charge >= 0.3 is 16.2 Å². The molecule has 2 rings (SSSR count). The SMILES string of the molecule is O=C(O)c1cc(NS(=O)(=O)N2CCCC2)ccn1. The Morgan fingerprint density at radius 2 is 2.06 bits per heavy atom. The lowest BCUT2D eigenvalue weighted by Gasteiger charge is -2.16. The van der Waals surface area contributed by atoms with Crippen LogP contribution >= 0.6 is 0 Å². The topological polar surface area (TPSA) is 99.6 Å². The first kappa shape index (κ1) is 12.8. The molecule has 0 amide bonds. The summed E-state index contributed by atoms with van der Waals surface area (Å²) in [4.78, 5) is 14.3. The molecule has 1 saturated heterocycles. The third-order valence-corrected chi connectivity index (χ3v) is 4.17. The lowest BCUT2D eigenvalue weighted by atomic mass is 10.3. The van der Waals surface area contributed by atoms with Crippen LogP contribution in [0.3, 0.4) is 0 Å². The second-order valence-corrected chi connectivity index (χ2v) is 5.62. The molecule has 0 unspecified atom stereocenters. The molecule has 0 aliphatic carbocycles. The first-order chi connectivity index (χ1) is 8.49. The van der Waals surface area contributed by atoms with Crippen LogP contribution in [0.1, 0.15) is 23.3 Å². The monoisotopic (exact) mass is 271 g/mol. The molecule has 1 fully saturated rings. The van der Waals surface area contributed by atoms with Crippen LogP contribution in [0.4, 0.5) is 5.69 Å². The molecular weight excluding hydrogens is 258 g/mol. The van der Waals surface area contributed by atoms with E-state index in [9.17, 15) is 13.2 Å². The van der Waals surface area contributed by atoms with Gasteiger partial charge in [-0.05, 0) is 25.0 Å². The fourth-order valence-electron chi connectivity index (χ4n) is 1.75. The van der Waals surface area contributed by atoms with Crippen molar-refractivity contribution < 1.29 is 18.3 Å². The second kappa shape index (κ2) is 4.91. The van der Waals surface area contributed by atoms with Crippen LogP contribution in [0.5, 0.6) is 0 Å². The molecule has 98 valence electrons. The van der Waals surface area contributed by atoms with E-state index in [2.05, 4.69) is 9.71 Å². The van der Waals surface area contributed by atoms with Crippen LogP contribution < -0.4 is 4.72 Å². The standard InChI is InChI=1S/C10H13N3O4S/c14-10(15)9-7-8(3-4-11-9)12-18(16,17)13-5-1-2-6-13/h3-4,7H,1-2,5-6H2,(H,11,12)(H,14,15). The average Bonchev–Trinajstić information content (AvgIpc) is 2.82. The highest BCUT2D eigenvalue weighted by Crippen LogP contribution is 2.16. The van der Waals surface area contributed by atoms with E-state index in [0.29, 0.717) is 13.1 Å². The number of hydrogen-bond donors (Lipinski definition) is 2. The maximum absolute atomic E-state index is 11.9. The Kier molecular flexibility index (Phi) is 3.48. The molecule has 0 saturated carbocycles. The molecule has 2 heterocycles. The van der Waals surface area contributed by atoms with E-state index in [1.165, 1.54) is 22.6 Å². The number of carbonyl (C=O) groups is 1.